The smallest absolute Gasteiger partial charge is 0.335 e. The van der Waals surface area contributed by atoms with Crippen LogP contribution in [0.25, 0.3) is 21.4 Å². The minimum atomic E-state index is -1.00. The van der Waals surface area contributed by atoms with Gasteiger partial charge in [0.05, 0.1) is 21.6 Å². The summed E-state index contributed by atoms with van der Waals surface area (Å²) in [5, 5.41) is 24.5. The van der Waals surface area contributed by atoms with E-state index < -0.39 is 16.8 Å². The van der Waals surface area contributed by atoms with Crippen LogP contribution in [0.3, 0.4) is 0 Å². The molecule has 0 aliphatic carbocycles. The van der Waals surface area contributed by atoms with Crippen LogP contribution in [0.4, 0.5) is 5.69 Å². The Kier molecular flexibility index (Phi) is 5.52. The SMILES string of the molecule is Cc1cc(C(=O)O)ccc1-c1ccc(C=NNC(=O)c2cc3cc([N+](=O)[O-])ccc3s2)o1. The third kappa shape index (κ3) is 4.25. The lowest BCUT2D eigenvalue weighted by Gasteiger charge is -2.03. The normalized spacial score (nSPS) is 11.2. The van der Waals surface area contributed by atoms with Crippen LogP contribution in [0, 0.1) is 17.0 Å². The maximum atomic E-state index is 12.4. The van der Waals surface area contributed by atoms with Crippen molar-refractivity contribution in [1.29, 1.82) is 0 Å². The second-order valence-electron chi connectivity index (χ2n) is 6.83. The second kappa shape index (κ2) is 8.44. The van der Waals surface area contributed by atoms with E-state index in [4.69, 9.17) is 9.52 Å². The quantitative estimate of drug-likeness (QED) is 0.246. The van der Waals surface area contributed by atoms with Gasteiger partial charge < -0.3 is 9.52 Å². The summed E-state index contributed by atoms with van der Waals surface area (Å²) in [5.74, 6) is -0.510. The van der Waals surface area contributed by atoms with Crippen LogP contribution in [0.1, 0.15) is 31.4 Å². The molecule has 2 heterocycles. The molecular formula is C22H15N3O6S. The zero-order valence-electron chi connectivity index (χ0n) is 16.6. The number of hydrogen-bond acceptors (Lipinski definition) is 7. The molecule has 0 atom stereocenters. The lowest BCUT2D eigenvalue weighted by molar-refractivity contribution is -0.384. The Balaban J connectivity index is 1.45. The number of aryl methyl sites for hydroxylation is 1. The third-order valence-electron chi connectivity index (χ3n) is 4.66. The van der Waals surface area contributed by atoms with E-state index in [9.17, 15) is 19.7 Å². The molecule has 32 heavy (non-hydrogen) atoms. The van der Waals surface area contributed by atoms with Crippen molar-refractivity contribution in [3.8, 4) is 11.3 Å². The van der Waals surface area contributed by atoms with Gasteiger partial charge in [-0.1, -0.05) is 6.07 Å². The molecule has 0 radical (unpaired) electrons. The number of hydrazone groups is 1. The summed E-state index contributed by atoms with van der Waals surface area (Å²) in [6.07, 6.45) is 1.35. The number of carboxylic acid groups (broad SMARTS) is 1. The fraction of sp³-hybridized carbons (Fsp3) is 0.0455. The van der Waals surface area contributed by atoms with Gasteiger partial charge in [-0.3, -0.25) is 14.9 Å². The highest BCUT2D eigenvalue weighted by Gasteiger charge is 2.13. The zero-order valence-corrected chi connectivity index (χ0v) is 17.4. The Labute approximate surface area is 184 Å². The topological polar surface area (TPSA) is 135 Å². The molecule has 160 valence electrons. The molecule has 0 unspecified atom stereocenters. The molecule has 0 saturated carbocycles. The van der Waals surface area contributed by atoms with Crippen LogP contribution < -0.4 is 5.43 Å². The number of hydrogen-bond donors (Lipinski definition) is 2. The van der Waals surface area contributed by atoms with Crippen LogP contribution >= 0.6 is 11.3 Å². The minimum absolute atomic E-state index is 0.0401. The summed E-state index contributed by atoms with van der Waals surface area (Å²) in [6, 6.07) is 14.1. The van der Waals surface area contributed by atoms with Crippen molar-refractivity contribution in [1.82, 2.24) is 5.43 Å². The highest BCUT2D eigenvalue weighted by molar-refractivity contribution is 7.20. The maximum absolute atomic E-state index is 12.4. The van der Waals surface area contributed by atoms with Gasteiger partial charge in [0.15, 0.2) is 0 Å². The largest absolute Gasteiger partial charge is 0.478 e. The maximum Gasteiger partial charge on any atom is 0.335 e. The van der Waals surface area contributed by atoms with Crippen LogP contribution in [-0.4, -0.2) is 28.1 Å². The number of aromatic carboxylic acids is 1. The Morgan fingerprint density at radius 1 is 1.16 bits per heavy atom. The van der Waals surface area contributed by atoms with Gasteiger partial charge in [0.25, 0.3) is 11.6 Å². The number of amides is 1. The number of fused-ring (bicyclic) bond motifs is 1. The first-order valence-corrected chi connectivity index (χ1v) is 10.1. The number of carboxylic acids is 1. The molecule has 0 fully saturated rings. The van der Waals surface area contributed by atoms with Crippen molar-refractivity contribution in [2.45, 2.75) is 6.92 Å². The number of rotatable bonds is 6. The summed E-state index contributed by atoms with van der Waals surface area (Å²) >= 11 is 1.20. The highest BCUT2D eigenvalue weighted by Crippen LogP contribution is 2.29. The van der Waals surface area contributed by atoms with Gasteiger partial charge in [0, 0.05) is 27.8 Å². The van der Waals surface area contributed by atoms with Crippen molar-refractivity contribution < 1.29 is 24.0 Å². The summed E-state index contributed by atoms with van der Waals surface area (Å²) in [5.41, 5.74) is 4.06. The summed E-state index contributed by atoms with van der Waals surface area (Å²) in [7, 11) is 0. The molecule has 4 aromatic rings. The average Bonchev–Trinajstić information content (AvgIpc) is 3.40. The zero-order chi connectivity index (χ0) is 22.8. The van der Waals surface area contributed by atoms with Crippen molar-refractivity contribution >= 4 is 45.2 Å². The number of furan rings is 1. The number of benzene rings is 2. The summed E-state index contributed by atoms with van der Waals surface area (Å²) in [4.78, 5) is 34.2. The van der Waals surface area contributed by atoms with E-state index in [0.29, 0.717) is 21.8 Å². The van der Waals surface area contributed by atoms with Gasteiger partial charge in [0.1, 0.15) is 11.5 Å². The first-order valence-electron chi connectivity index (χ1n) is 9.27. The van der Waals surface area contributed by atoms with Crippen molar-refractivity contribution in [2.75, 3.05) is 0 Å². The number of thiophene rings is 1. The van der Waals surface area contributed by atoms with E-state index in [2.05, 4.69) is 10.5 Å². The molecule has 0 bridgehead atoms. The Hall–Kier alpha value is -4.31. The molecule has 2 N–H and O–H groups in total. The van der Waals surface area contributed by atoms with Gasteiger partial charge in [-0.15, -0.1) is 11.3 Å². The molecule has 2 aromatic carbocycles. The molecule has 2 aromatic heterocycles. The number of nitrogens with one attached hydrogen (secondary N) is 1. The fourth-order valence-corrected chi connectivity index (χ4v) is 4.04. The van der Waals surface area contributed by atoms with E-state index >= 15 is 0 Å². The molecule has 1 amide bonds. The van der Waals surface area contributed by atoms with Gasteiger partial charge in [-0.05, 0) is 48.9 Å². The fourth-order valence-electron chi connectivity index (χ4n) is 3.11. The lowest BCUT2D eigenvalue weighted by Crippen LogP contribution is -2.15. The summed E-state index contributed by atoms with van der Waals surface area (Å²) in [6.45, 7) is 1.79. The Bertz CT molecular complexity index is 1400. The molecular weight excluding hydrogens is 434 g/mol. The molecule has 0 aliphatic heterocycles. The molecule has 4 rings (SSSR count). The number of nitro benzene ring substituents is 1. The highest BCUT2D eigenvalue weighted by atomic mass is 32.1. The second-order valence-corrected chi connectivity index (χ2v) is 7.91. The average molecular weight is 449 g/mol. The molecule has 9 nitrogen and oxygen atoms in total. The molecule has 0 saturated heterocycles. The first-order chi connectivity index (χ1) is 15.3. The minimum Gasteiger partial charge on any atom is -0.478 e. The van der Waals surface area contributed by atoms with Crippen LogP contribution in [0.2, 0.25) is 0 Å². The number of nitrogens with zero attached hydrogens (tertiary/aromatic N) is 2. The molecule has 0 aliphatic rings. The van der Waals surface area contributed by atoms with Crippen LogP contribution in [0.15, 0.2) is 64.1 Å². The lowest BCUT2D eigenvalue weighted by atomic mass is 10.0. The van der Waals surface area contributed by atoms with Crippen LogP contribution in [-0.2, 0) is 0 Å². The Morgan fingerprint density at radius 3 is 2.69 bits per heavy atom. The standard InChI is InChI=1S/C22H15N3O6S/c1-12-8-13(22(27)28)2-5-17(12)18-6-4-16(31-18)11-23-24-21(26)20-10-14-9-15(25(29)30)3-7-19(14)32-20/h2-11H,1H3,(H,24,26)(H,27,28). The first kappa shape index (κ1) is 20.9. The summed E-state index contributed by atoms with van der Waals surface area (Å²) < 4.78 is 6.47. The van der Waals surface area contributed by atoms with E-state index in [-0.39, 0.29) is 11.3 Å². The van der Waals surface area contributed by atoms with Gasteiger partial charge in [-0.2, -0.15) is 5.10 Å². The van der Waals surface area contributed by atoms with Crippen LogP contribution in [0.5, 0.6) is 0 Å². The van der Waals surface area contributed by atoms with Gasteiger partial charge >= 0.3 is 5.97 Å². The third-order valence-corrected chi connectivity index (χ3v) is 5.77. The van der Waals surface area contributed by atoms with E-state index in [1.165, 1.54) is 35.8 Å². The monoisotopic (exact) mass is 449 g/mol. The van der Waals surface area contributed by atoms with E-state index in [0.717, 1.165) is 15.8 Å². The predicted octanol–water partition coefficient (Wildman–Crippen LogP) is 4.84. The molecule has 10 heteroatoms. The predicted molar refractivity (Wildman–Crippen MR) is 119 cm³/mol. The van der Waals surface area contributed by atoms with Crippen molar-refractivity contribution in [2.24, 2.45) is 5.10 Å². The van der Waals surface area contributed by atoms with Crippen molar-refractivity contribution in [3.05, 3.63) is 86.5 Å². The van der Waals surface area contributed by atoms with Crippen molar-refractivity contribution in [3.63, 3.8) is 0 Å². The number of carbonyl (C=O) groups is 2. The van der Waals surface area contributed by atoms with E-state index in [1.807, 2.05) is 0 Å². The molecule has 0 spiro atoms. The van der Waals surface area contributed by atoms with Gasteiger partial charge in [0.2, 0.25) is 0 Å². The van der Waals surface area contributed by atoms with Gasteiger partial charge in [-0.25, -0.2) is 10.2 Å². The number of nitro groups is 1. The van der Waals surface area contributed by atoms with E-state index in [1.54, 1.807) is 43.3 Å². The number of non-ortho nitro benzene ring substituents is 1. The number of carbonyl (C=O) groups excluding carboxylic acids is 1. The Morgan fingerprint density at radius 2 is 1.97 bits per heavy atom.